The first-order valence-corrected chi connectivity index (χ1v) is 11.1. The number of ether oxygens (including phenoxy) is 1. The van der Waals surface area contributed by atoms with Gasteiger partial charge >= 0.3 is 0 Å². The summed E-state index contributed by atoms with van der Waals surface area (Å²) in [4.78, 5) is 19.6. The van der Waals surface area contributed by atoms with E-state index in [1.807, 2.05) is 47.4 Å². The Morgan fingerprint density at radius 2 is 1.67 bits per heavy atom. The van der Waals surface area contributed by atoms with Gasteiger partial charge in [0.15, 0.2) is 0 Å². The van der Waals surface area contributed by atoms with Gasteiger partial charge in [0.2, 0.25) is 0 Å². The van der Waals surface area contributed by atoms with E-state index >= 15 is 0 Å². The number of nitrogens with zero attached hydrogens (tertiary/aromatic N) is 3. The topological polar surface area (TPSA) is 36.0 Å². The number of piperazine rings is 1. The quantitative estimate of drug-likeness (QED) is 0.632. The van der Waals surface area contributed by atoms with E-state index in [1.54, 1.807) is 0 Å². The van der Waals surface area contributed by atoms with E-state index in [2.05, 4.69) is 42.7 Å². The first-order chi connectivity index (χ1) is 14.6. The first-order valence-electron chi connectivity index (χ1n) is 11.1. The minimum Gasteiger partial charge on any atom is -0.492 e. The number of amides is 1. The number of carbonyl (C=O) groups is 1. The van der Waals surface area contributed by atoms with E-state index in [4.69, 9.17) is 4.74 Å². The lowest BCUT2D eigenvalue weighted by atomic mass is 10.1. The average Bonchev–Trinajstić information content (AvgIpc) is 2.78. The van der Waals surface area contributed by atoms with E-state index in [0.29, 0.717) is 12.6 Å². The van der Waals surface area contributed by atoms with Gasteiger partial charge in [0.1, 0.15) is 12.4 Å². The fourth-order valence-electron chi connectivity index (χ4n) is 3.81. The summed E-state index contributed by atoms with van der Waals surface area (Å²) in [7, 11) is 0. The third-order valence-corrected chi connectivity index (χ3v) is 5.80. The van der Waals surface area contributed by atoms with Crippen LogP contribution in [0.2, 0.25) is 0 Å². The Hall–Kier alpha value is -2.37. The van der Waals surface area contributed by atoms with Gasteiger partial charge in [0.25, 0.3) is 5.91 Å². The number of para-hydroxylation sites is 1. The van der Waals surface area contributed by atoms with Gasteiger partial charge in [-0.1, -0.05) is 37.3 Å². The van der Waals surface area contributed by atoms with Crippen molar-refractivity contribution in [1.82, 2.24) is 14.7 Å². The Morgan fingerprint density at radius 3 is 2.27 bits per heavy atom. The average molecular weight is 410 g/mol. The smallest absolute Gasteiger partial charge is 0.253 e. The Balaban J connectivity index is 1.43. The highest BCUT2D eigenvalue weighted by Crippen LogP contribution is 2.13. The summed E-state index contributed by atoms with van der Waals surface area (Å²) >= 11 is 0. The molecule has 0 aromatic heterocycles. The lowest BCUT2D eigenvalue weighted by molar-refractivity contribution is 0.0620. The van der Waals surface area contributed by atoms with Gasteiger partial charge in [-0.15, -0.1) is 0 Å². The van der Waals surface area contributed by atoms with Crippen LogP contribution in [-0.2, 0) is 6.54 Å². The molecular formula is C25H35N3O2. The number of hydrogen-bond donors (Lipinski definition) is 0. The highest BCUT2D eigenvalue weighted by Gasteiger charge is 2.22. The normalized spacial score (nSPS) is 15.0. The van der Waals surface area contributed by atoms with Crippen LogP contribution in [0.25, 0.3) is 0 Å². The SMILES string of the molecule is CCN(Cc1ccc(C(=O)N2CCN(CCOc3ccccc3)CC2)cc1)C(C)C. The molecule has 0 bridgehead atoms. The van der Waals surface area contributed by atoms with Crippen LogP contribution in [0.5, 0.6) is 5.75 Å². The van der Waals surface area contributed by atoms with Crippen molar-refractivity contribution in [2.45, 2.75) is 33.4 Å². The van der Waals surface area contributed by atoms with Gasteiger partial charge in [-0.25, -0.2) is 0 Å². The molecular weight excluding hydrogens is 374 g/mol. The molecule has 0 atom stereocenters. The zero-order valence-electron chi connectivity index (χ0n) is 18.6. The van der Waals surface area contributed by atoms with Gasteiger partial charge < -0.3 is 9.64 Å². The van der Waals surface area contributed by atoms with Gasteiger partial charge in [-0.3, -0.25) is 14.6 Å². The Kier molecular flexibility index (Phi) is 8.29. The van der Waals surface area contributed by atoms with Crippen molar-refractivity contribution < 1.29 is 9.53 Å². The molecule has 2 aromatic rings. The standard InChI is InChI=1S/C25H35N3O2/c1-4-27(21(2)3)20-22-10-12-23(13-11-22)25(29)28-16-14-26(15-17-28)18-19-30-24-8-6-5-7-9-24/h5-13,21H,4,14-20H2,1-3H3. The van der Waals surface area contributed by atoms with Crippen molar-refractivity contribution in [1.29, 1.82) is 0 Å². The second-order valence-corrected chi connectivity index (χ2v) is 8.15. The van der Waals surface area contributed by atoms with Crippen LogP contribution < -0.4 is 4.74 Å². The van der Waals surface area contributed by atoms with Crippen LogP contribution in [-0.4, -0.2) is 72.5 Å². The molecule has 1 aliphatic rings. The highest BCUT2D eigenvalue weighted by atomic mass is 16.5. The third-order valence-electron chi connectivity index (χ3n) is 5.80. The molecule has 30 heavy (non-hydrogen) atoms. The van der Waals surface area contributed by atoms with Crippen LogP contribution >= 0.6 is 0 Å². The van der Waals surface area contributed by atoms with E-state index < -0.39 is 0 Å². The second kappa shape index (κ2) is 11.1. The molecule has 1 aliphatic heterocycles. The maximum absolute atomic E-state index is 12.9. The van der Waals surface area contributed by atoms with Crippen LogP contribution in [0.3, 0.4) is 0 Å². The molecule has 0 unspecified atom stereocenters. The molecule has 0 aliphatic carbocycles. The summed E-state index contributed by atoms with van der Waals surface area (Å²) in [6.45, 7) is 13.4. The Morgan fingerprint density at radius 1 is 1.00 bits per heavy atom. The molecule has 2 aromatic carbocycles. The lowest BCUT2D eigenvalue weighted by Gasteiger charge is -2.34. The molecule has 5 heteroatoms. The zero-order chi connectivity index (χ0) is 21.3. The van der Waals surface area contributed by atoms with Crippen molar-refractivity contribution in [3.63, 3.8) is 0 Å². The van der Waals surface area contributed by atoms with Crippen LogP contribution in [0.4, 0.5) is 0 Å². The van der Waals surface area contributed by atoms with E-state index in [1.165, 1.54) is 5.56 Å². The summed E-state index contributed by atoms with van der Waals surface area (Å²) in [5.74, 6) is 1.04. The maximum Gasteiger partial charge on any atom is 0.253 e. The fourth-order valence-corrected chi connectivity index (χ4v) is 3.81. The van der Waals surface area contributed by atoms with Crippen LogP contribution in [0.15, 0.2) is 54.6 Å². The number of rotatable bonds is 9. The largest absolute Gasteiger partial charge is 0.492 e. The number of carbonyl (C=O) groups excluding carboxylic acids is 1. The molecule has 3 rings (SSSR count). The highest BCUT2D eigenvalue weighted by molar-refractivity contribution is 5.94. The molecule has 1 heterocycles. The molecule has 0 N–H and O–H groups in total. The first kappa shape index (κ1) is 22.3. The third kappa shape index (κ3) is 6.31. The van der Waals surface area contributed by atoms with Gasteiger partial charge in [-0.2, -0.15) is 0 Å². The molecule has 5 nitrogen and oxygen atoms in total. The Bertz CT molecular complexity index is 769. The summed E-state index contributed by atoms with van der Waals surface area (Å²) in [5, 5.41) is 0. The van der Waals surface area contributed by atoms with E-state index in [-0.39, 0.29) is 5.91 Å². The van der Waals surface area contributed by atoms with E-state index in [9.17, 15) is 4.79 Å². The minimum atomic E-state index is 0.137. The van der Waals surface area contributed by atoms with Gasteiger partial charge in [-0.05, 0) is 50.2 Å². The number of hydrogen-bond acceptors (Lipinski definition) is 4. The van der Waals surface area contributed by atoms with Gasteiger partial charge in [0.05, 0.1) is 0 Å². The molecule has 0 radical (unpaired) electrons. The van der Waals surface area contributed by atoms with Crippen molar-refractivity contribution in [2.75, 3.05) is 45.9 Å². The lowest BCUT2D eigenvalue weighted by Crippen LogP contribution is -2.49. The summed E-state index contributed by atoms with van der Waals surface area (Å²) in [5.41, 5.74) is 2.04. The predicted octanol–water partition coefficient (Wildman–Crippen LogP) is 3.75. The molecule has 1 amide bonds. The monoisotopic (exact) mass is 409 g/mol. The van der Waals surface area contributed by atoms with Crippen molar-refractivity contribution >= 4 is 5.91 Å². The molecule has 1 fully saturated rings. The summed E-state index contributed by atoms with van der Waals surface area (Å²) in [6, 6.07) is 18.6. The Labute approximate surface area is 181 Å². The van der Waals surface area contributed by atoms with E-state index in [0.717, 1.165) is 57.1 Å². The zero-order valence-corrected chi connectivity index (χ0v) is 18.6. The summed E-state index contributed by atoms with van der Waals surface area (Å²) in [6.07, 6.45) is 0. The molecule has 0 saturated carbocycles. The minimum absolute atomic E-state index is 0.137. The molecule has 1 saturated heterocycles. The fraction of sp³-hybridized carbons (Fsp3) is 0.480. The predicted molar refractivity (Wildman–Crippen MR) is 122 cm³/mol. The number of benzene rings is 2. The van der Waals surface area contributed by atoms with Crippen LogP contribution in [0.1, 0.15) is 36.7 Å². The molecule has 162 valence electrons. The van der Waals surface area contributed by atoms with Crippen molar-refractivity contribution in [3.8, 4) is 5.75 Å². The van der Waals surface area contributed by atoms with Crippen molar-refractivity contribution in [2.24, 2.45) is 0 Å². The van der Waals surface area contributed by atoms with Gasteiger partial charge in [0, 0.05) is 50.9 Å². The van der Waals surface area contributed by atoms with Crippen molar-refractivity contribution in [3.05, 3.63) is 65.7 Å². The summed E-state index contributed by atoms with van der Waals surface area (Å²) < 4.78 is 5.79. The maximum atomic E-state index is 12.9. The molecule has 0 spiro atoms. The van der Waals surface area contributed by atoms with Crippen LogP contribution in [0, 0.1) is 0 Å². The second-order valence-electron chi connectivity index (χ2n) is 8.15.